The minimum atomic E-state index is -0.245. The van der Waals surface area contributed by atoms with E-state index in [-0.39, 0.29) is 11.9 Å². The van der Waals surface area contributed by atoms with Gasteiger partial charge in [0.05, 0.1) is 19.3 Å². The summed E-state index contributed by atoms with van der Waals surface area (Å²) < 4.78 is 24.6. The van der Waals surface area contributed by atoms with Gasteiger partial charge in [0.1, 0.15) is 5.82 Å². The Bertz CT molecular complexity index is 767. The Morgan fingerprint density at radius 2 is 1.97 bits per heavy atom. The fraction of sp³-hybridized carbons (Fsp3) is 0.435. The maximum atomic E-state index is 13.2. The predicted molar refractivity (Wildman–Crippen MR) is 113 cm³/mol. The molecule has 0 radical (unpaired) electrons. The molecule has 1 saturated heterocycles. The lowest BCUT2D eigenvalue weighted by molar-refractivity contribution is 0.0904. The zero-order valence-corrected chi connectivity index (χ0v) is 17.2. The molecule has 1 fully saturated rings. The van der Waals surface area contributed by atoms with E-state index in [0.29, 0.717) is 19.1 Å². The Hall–Kier alpha value is -2.44. The molecular weight excluding hydrogens is 369 g/mol. The summed E-state index contributed by atoms with van der Waals surface area (Å²) in [5.41, 5.74) is 2.14. The van der Waals surface area contributed by atoms with Gasteiger partial charge in [-0.15, -0.1) is 0 Å². The van der Waals surface area contributed by atoms with E-state index < -0.39 is 0 Å². The third-order valence-corrected chi connectivity index (χ3v) is 5.23. The van der Waals surface area contributed by atoms with E-state index in [2.05, 4.69) is 27.3 Å². The maximum Gasteiger partial charge on any atom is 0.193 e. The fourth-order valence-electron chi connectivity index (χ4n) is 3.61. The van der Waals surface area contributed by atoms with E-state index in [4.69, 9.17) is 9.47 Å². The van der Waals surface area contributed by atoms with E-state index in [9.17, 15) is 4.39 Å². The summed E-state index contributed by atoms with van der Waals surface area (Å²) in [6.45, 7) is 3.84. The van der Waals surface area contributed by atoms with Gasteiger partial charge in [-0.2, -0.15) is 0 Å². The molecule has 0 spiro atoms. The maximum absolute atomic E-state index is 13.2. The predicted octanol–water partition coefficient (Wildman–Crippen LogP) is 3.63. The second-order valence-electron chi connectivity index (χ2n) is 7.31. The van der Waals surface area contributed by atoms with Gasteiger partial charge in [0.15, 0.2) is 5.96 Å². The van der Waals surface area contributed by atoms with Gasteiger partial charge in [-0.05, 0) is 29.7 Å². The highest BCUT2D eigenvalue weighted by atomic mass is 19.1. The molecule has 5 nitrogen and oxygen atoms in total. The summed E-state index contributed by atoms with van der Waals surface area (Å²) in [6, 6.07) is 16.7. The lowest BCUT2D eigenvalue weighted by Crippen LogP contribution is -2.42. The smallest absolute Gasteiger partial charge is 0.193 e. The zero-order chi connectivity index (χ0) is 20.5. The highest BCUT2D eigenvalue weighted by Crippen LogP contribution is 2.19. The van der Waals surface area contributed by atoms with Gasteiger partial charge in [-0.1, -0.05) is 42.5 Å². The van der Waals surface area contributed by atoms with Crippen LogP contribution in [0.4, 0.5) is 4.39 Å². The van der Waals surface area contributed by atoms with Crippen molar-refractivity contribution in [3.05, 3.63) is 71.5 Å². The molecule has 1 N–H and O–H groups in total. The number of nitrogens with zero attached hydrogens (tertiary/aromatic N) is 2. The topological polar surface area (TPSA) is 46.1 Å². The molecule has 0 saturated carbocycles. The zero-order valence-electron chi connectivity index (χ0n) is 17.2. The molecule has 1 aliphatic rings. The molecule has 0 bridgehead atoms. The lowest BCUT2D eigenvalue weighted by atomic mass is 10.1. The van der Waals surface area contributed by atoms with Gasteiger partial charge in [0, 0.05) is 39.7 Å². The van der Waals surface area contributed by atoms with Gasteiger partial charge in [0.2, 0.25) is 0 Å². The van der Waals surface area contributed by atoms with Crippen LogP contribution in [0, 0.1) is 11.7 Å². The van der Waals surface area contributed by atoms with Crippen molar-refractivity contribution < 1.29 is 13.9 Å². The van der Waals surface area contributed by atoms with Crippen LogP contribution in [0.1, 0.15) is 23.7 Å². The number of nitrogens with one attached hydrogen (secondary N) is 1. The van der Waals surface area contributed by atoms with Gasteiger partial charge in [-0.3, -0.25) is 4.99 Å². The number of hydrogen-bond donors (Lipinski definition) is 1. The quantitative estimate of drug-likeness (QED) is 0.544. The highest BCUT2D eigenvalue weighted by Gasteiger charge is 2.25. The minimum Gasteiger partial charge on any atom is -0.376 e. The molecule has 2 atom stereocenters. The Morgan fingerprint density at radius 1 is 1.21 bits per heavy atom. The number of aliphatic imine (C=N–C) groups is 1. The summed E-state index contributed by atoms with van der Waals surface area (Å²) >= 11 is 0. The fourth-order valence-corrected chi connectivity index (χ4v) is 3.61. The van der Waals surface area contributed by atoms with E-state index >= 15 is 0 Å². The first-order chi connectivity index (χ1) is 14.2. The summed E-state index contributed by atoms with van der Waals surface area (Å²) in [6.07, 6.45) is 0.918. The van der Waals surface area contributed by atoms with Crippen LogP contribution in [0.5, 0.6) is 0 Å². The Kier molecular flexibility index (Phi) is 8.02. The molecule has 0 aliphatic carbocycles. The van der Waals surface area contributed by atoms with Crippen molar-refractivity contribution in [2.24, 2.45) is 10.9 Å². The van der Waals surface area contributed by atoms with Crippen molar-refractivity contribution in [3.63, 3.8) is 0 Å². The second kappa shape index (κ2) is 10.9. The van der Waals surface area contributed by atoms with Crippen molar-refractivity contribution in [2.45, 2.75) is 19.1 Å². The molecule has 1 heterocycles. The number of rotatable bonds is 8. The first kappa shape index (κ1) is 21.3. The number of guanidine groups is 1. The average Bonchev–Trinajstić information content (AvgIpc) is 3.22. The Labute approximate surface area is 172 Å². The third-order valence-electron chi connectivity index (χ3n) is 5.23. The first-order valence-electron chi connectivity index (χ1n) is 10.0. The summed E-state index contributed by atoms with van der Waals surface area (Å²) in [5.74, 6) is 1.11. The van der Waals surface area contributed by atoms with Crippen LogP contribution in [0.3, 0.4) is 0 Å². The molecule has 2 aromatic carbocycles. The van der Waals surface area contributed by atoms with Crippen LogP contribution >= 0.6 is 0 Å². The molecular formula is C23H30FN3O2. The Morgan fingerprint density at radius 3 is 2.66 bits per heavy atom. The van der Waals surface area contributed by atoms with Crippen LogP contribution in [-0.4, -0.2) is 51.3 Å². The molecule has 156 valence electrons. The largest absolute Gasteiger partial charge is 0.376 e. The monoisotopic (exact) mass is 399 g/mol. The van der Waals surface area contributed by atoms with Crippen molar-refractivity contribution in [1.82, 2.24) is 10.2 Å². The van der Waals surface area contributed by atoms with Crippen LogP contribution in [-0.2, 0) is 16.1 Å². The van der Waals surface area contributed by atoms with E-state index in [1.807, 2.05) is 18.2 Å². The second-order valence-corrected chi connectivity index (χ2v) is 7.31. The molecule has 2 unspecified atom stereocenters. The van der Waals surface area contributed by atoms with Crippen LogP contribution in [0.15, 0.2) is 59.6 Å². The van der Waals surface area contributed by atoms with Gasteiger partial charge < -0.3 is 19.7 Å². The number of benzene rings is 2. The molecule has 3 rings (SSSR count). The molecule has 0 amide bonds. The number of ether oxygens (including phenoxy) is 2. The van der Waals surface area contributed by atoms with Crippen molar-refractivity contribution in [1.29, 1.82) is 0 Å². The third kappa shape index (κ3) is 6.27. The standard InChI is InChI=1S/C23H30FN3O2/c1-25-23(26-14-22(28-2)20-8-10-21(24)11-9-20)27-13-12-19(15-27)17-29-16-18-6-4-3-5-7-18/h3-11,19,22H,12-17H2,1-2H3,(H,25,26). The van der Waals surface area contributed by atoms with Gasteiger partial charge in [0.25, 0.3) is 0 Å². The van der Waals surface area contributed by atoms with Crippen LogP contribution in [0.2, 0.25) is 0 Å². The number of likely N-dealkylation sites (tertiary alicyclic amines) is 1. The van der Waals surface area contributed by atoms with E-state index in [1.165, 1.54) is 17.7 Å². The summed E-state index contributed by atoms with van der Waals surface area (Å²) in [4.78, 5) is 6.68. The van der Waals surface area contributed by atoms with Crippen molar-refractivity contribution in [3.8, 4) is 0 Å². The number of methoxy groups -OCH3 is 1. The molecule has 2 aromatic rings. The average molecular weight is 400 g/mol. The van der Waals surface area contributed by atoms with E-state index in [0.717, 1.165) is 37.6 Å². The van der Waals surface area contributed by atoms with Crippen LogP contribution < -0.4 is 5.32 Å². The Balaban J connectivity index is 1.44. The number of halogens is 1. The summed E-state index contributed by atoms with van der Waals surface area (Å²) in [7, 11) is 3.45. The van der Waals surface area contributed by atoms with Crippen molar-refractivity contribution >= 4 is 5.96 Å². The molecule has 6 heteroatoms. The number of hydrogen-bond acceptors (Lipinski definition) is 3. The van der Waals surface area contributed by atoms with Crippen LogP contribution in [0.25, 0.3) is 0 Å². The highest BCUT2D eigenvalue weighted by molar-refractivity contribution is 5.80. The SMILES string of the molecule is CN=C(NCC(OC)c1ccc(F)cc1)N1CCC(COCc2ccccc2)C1. The van der Waals surface area contributed by atoms with Crippen molar-refractivity contribution in [2.75, 3.05) is 40.4 Å². The first-order valence-corrected chi connectivity index (χ1v) is 10.0. The molecule has 0 aromatic heterocycles. The molecule has 29 heavy (non-hydrogen) atoms. The van der Waals surface area contributed by atoms with E-state index in [1.54, 1.807) is 26.3 Å². The van der Waals surface area contributed by atoms with Gasteiger partial charge in [-0.25, -0.2) is 4.39 Å². The lowest BCUT2D eigenvalue weighted by Gasteiger charge is -2.24. The normalized spacial score (nSPS) is 18.1. The minimum absolute atomic E-state index is 0.167. The molecule has 1 aliphatic heterocycles. The summed E-state index contributed by atoms with van der Waals surface area (Å²) in [5, 5.41) is 3.39. The van der Waals surface area contributed by atoms with Gasteiger partial charge >= 0.3 is 0 Å².